The number of hydrazone groups is 1. The van der Waals surface area contributed by atoms with Crippen LogP contribution < -0.4 is 19.2 Å². The highest BCUT2D eigenvalue weighted by molar-refractivity contribution is 9.10. The number of halogens is 1. The number of nitrogens with zero attached hydrogens (tertiary/aromatic N) is 3. The lowest BCUT2D eigenvalue weighted by molar-refractivity contribution is -0.119. The zero-order valence-electron chi connectivity index (χ0n) is 20.1. The Hall–Kier alpha value is -3.31. The Balaban J connectivity index is 1.79. The first-order valence-electron chi connectivity index (χ1n) is 10.5. The molecule has 1 amide bonds. The van der Waals surface area contributed by atoms with Gasteiger partial charge in [0.05, 0.1) is 32.4 Å². The summed E-state index contributed by atoms with van der Waals surface area (Å²) in [5.41, 5.74) is 6.35. The van der Waals surface area contributed by atoms with E-state index in [-0.39, 0.29) is 11.4 Å². The summed E-state index contributed by atoms with van der Waals surface area (Å²) in [5, 5.41) is 4.05. The van der Waals surface area contributed by atoms with E-state index in [1.807, 2.05) is 44.2 Å². The fourth-order valence-electron chi connectivity index (χ4n) is 3.64. The zero-order chi connectivity index (χ0) is 25.8. The van der Waals surface area contributed by atoms with Crippen LogP contribution in [-0.4, -0.2) is 52.1 Å². The number of hydrogen-bond donors (Lipinski definition) is 1. The molecule has 3 rings (SSSR count). The maximum Gasteiger partial charge on any atom is 0.260 e. The fraction of sp³-hybridized carbons (Fsp3) is 0.250. The molecule has 0 atom stereocenters. The van der Waals surface area contributed by atoms with Gasteiger partial charge in [-0.05, 0) is 50.2 Å². The molecule has 1 aromatic heterocycles. The number of carbonyl (C=O) groups excluding carboxylic acids is 1. The number of benzene rings is 2. The molecular formula is C24H27BrN4O5S. The topological polar surface area (TPSA) is 102 Å². The van der Waals surface area contributed by atoms with Gasteiger partial charge in [-0.15, -0.1) is 0 Å². The van der Waals surface area contributed by atoms with Crippen molar-refractivity contribution < 1.29 is 22.7 Å². The van der Waals surface area contributed by atoms with E-state index >= 15 is 0 Å². The van der Waals surface area contributed by atoms with Gasteiger partial charge < -0.3 is 14.0 Å². The number of methoxy groups -OCH3 is 2. The number of aromatic nitrogens is 1. The lowest BCUT2D eigenvalue weighted by Crippen LogP contribution is -2.39. The van der Waals surface area contributed by atoms with Gasteiger partial charge in [-0.2, -0.15) is 5.10 Å². The SMILES string of the molecule is COc1ccc(OC)c(N(CC(=O)N/N=C\c2cc(C)n(-c3cccc(Br)c3)c2C)S(C)(=O)=O)c1. The average molecular weight is 563 g/mol. The molecule has 0 saturated carbocycles. The van der Waals surface area contributed by atoms with Crippen molar-refractivity contribution in [1.29, 1.82) is 0 Å². The van der Waals surface area contributed by atoms with Crippen molar-refractivity contribution in [3.05, 3.63) is 70.0 Å². The van der Waals surface area contributed by atoms with Gasteiger partial charge in [-0.3, -0.25) is 9.10 Å². The molecule has 186 valence electrons. The Morgan fingerprint density at radius 3 is 2.51 bits per heavy atom. The smallest absolute Gasteiger partial charge is 0.260 e. The van der Waals surface area contributed by atoms with Crippen molar-refractivity contribution in [2.24, 2.45) is 5.10 Å². The van der Waals surface area contributed by atoms with Gasteiger partial charge >= 0.3 is 0 Å². The summed E-state index contributed by atoms with van der Waals surface area (Å²) in [4.78, 5) is 12.6. The van der Waals surface area contributed by atoms with Crippen LogP contribution in [0.1, 0.15) is 17.0 Å². The first-order chi connectivity index (χ1) is 16.5. The second kappa shape index (κ2) is 11.0. The van der Waals surface area contributed by atoms with Crippen molar-refractivity contribution in [3.8, 4) is 17.2 Å². The van der Waals surface area contributed by atoms with Crippen molar-refractivity contribution in [2.45, 2.75) is 13.8 Å². The molecule has 1 N–H and O–H groups in total. The molecule has 0 bridgehead atoms. The van der Waals surface area contributed by atoms with E-state index in [1.165, 1.54) is 26.5 Å². The summed E-state index contributed by atoms with van der Waals surface area (Å²) in [6.07, 6.45) is 2.55. The van der Waals surface area contributed by atoms with Gasteiger partial charge in [0.2, 0.25) is 10.0 Å². The third-order valence-corrected chi connectivity index (χ3v) is 6.89. The number of aryl methyl sites for hydroxylation is 1. The van der Waals surface area contributed by atoms with E-state index in [0.29, 0.717) is 5.75 Å². The zero-order valence-corrected chi connectivity index (χ0v) is 22.5. The third kappa shape index (κ3) is 6.23. The Bertz CT molecular complexity index is 1370. The van der Waals surface area contributed by atoms with Gasteiger partial charge in [-0.1, -0.05) is 22.0 Å². The van der Waals surface area contributed by atoms with Crippen LogP contribution in [0.3, 0.4) is 0 Å². The van der Waals surface area contributed by atoms with Crippen LogP contribution in [0.5, 0.6) is 11.5 Å². The highest BCUT2D eigenvalue weighted by atomic mass is 79.9. The first-order valence-corrected chi connectivity index (χ1v) is 13.2. The summed E-state index contributed by atoms with van der Waals surface area (Å²) in [6.45, 7) is 3.45. The average Bonchev–Trinajstić information content (AvgIpc) is 3.09. The van der Waals surface area contributed by atoms with E-state index < -0.39 is 22.5 Å². The second-order valence-electron chi connectivity index (χ2n) is 7.74. The molecule has 11 heteroatoms. The van der Waals surface area contributed by atoms with Crippen molar-refractivity contribution in [1.82, 2.24) is 9.99 Å². The molecule has 0 fully saturated rings. The van der Waals surface area contributed by atoms with Crippen LogP contribution in [0.4, 0.5) is 5.69 Å². The number of sulfonamides is 1. The number of hydrogen-bond acceptors (Lipinski definition) is 6. The quantitative estimate of drug-likeness (QED) is 0.315. The molecule has 9 nitrogen and oxygen atoms in total. The minimum Gasteiger partial charge on any atom is -0.497 e. The lowest BCUT2D eigenvalue weighted by atomic mass is 10.2. The highest BCUT2D eigenvalue weighted by Crippen LogP contribution is 2.33. The van der Waals surface area contributed by atoms with Crippen LogP contribution in [0, 0.1) is 13.8 Å². The monoisotopic (exact) mass is 562 g/mol. The standard InChI is InChI=1S/C24H27BrN4O5S/c1-16-11-18(17(2)29(16)20-8-6-7-19(25)12-20)14-26-27-24(30)15-28(35(5,31)32)22-13-21(33-3)9-10-23(22)34-4/h6-14H,15H2,1-5H3,(H,27,30)/b26-14-. The third-order valence-electron chi connectivity index (χ3n) is 5.27. The Morgan fingerprint density at radius 2 is 1.89 bits per heavy atom. The first kappa shape index (κ1) is 26.3. The second-order valence-corrected chi connectivity index (χ2v) is 10.6. The Morgan fingerprint density at radius 1 is 1.14 bits per heavy atom. The van der Waals surface area contributed by atoms with Gasteiger partial charge in [-0.25, -0.2) is 13.8 Å². The highest BCUT2D eigenvalue weighted by Gasteiger charge is 2.24. The van der Waals surface area contributed by atoms with Gasteiger partial charge in [0.15, 0.2) is 0 Å². The minimum atomic E-state index is -3.81. The van der Waals surface area contributed by atoms with Gasteiger partial charge in [0.1, 0.15) is 18.0 Å². The van der Waals surface area contributed by atoms with Crippen LogP contribution >= 0.6 is 15.9 Å². The van der Waals surface area contributed by atoms with Crippen LogP contribution in [0.2, 0.25) is 0 Å². The van der Waals surface area contributed by atoms with E-state index in [0.717, 1.165) is 37.7 Å². The molecular weight excluding hydrogens is 536 g/mol. The van der Waals surface area contributed by atoms with Crippen LogP contribution in [-0.2, 0) is 14.8 Å². The van der Waals surface area contributed by atoms with Crippen molar-refractivity contribution in [2.75, 3.05) is 31.3 Å². The van der Waals surface area contributed by atoms with Crippen molar-refractivity contribution >= 4 is 43.8 Å². The summed E-state index contributed by atoms with van der Waals surface area (Å²) in [7, 11) is -0.932. The molecule has 0 radical (unpaired) electrons. The predicted octanol–water partition coefficient (Wildman–Crippen LogP) is 3.79. The van der Waals surface area contributed by atoms with Crippen LogP contribution in [0.15, 0.2) is 58.1 Å². The molecule has 0 spiro atoms. The van der Waals surface area contributed by atoms with Crippen molar-refractivity contribution in [3.63, 3.8) is 0 Å². The molecule has 3 aromatic rings. The summed E-state index contributed by atoms with van der Waals surface area (Å²) >= 11 is 3.49. The Labute approximate surface area is 213 Å². The molecule has 0 aliphatic heterocycles. The maximum atomic E-state index is 12.6. The Kier molecular flexibility index (Phi) is 8.23. The number of carbonyl (C=O) groups is 1. The predicted molar refractivity (Wildman–Crippen MR) is 140 cm³/mol. The largest absolute Gasteiger partial charge is 0.497 e. The van der Waals surface area contributed by atoms with E-state index in [9.17, 15) is 13.2 Å². The number of rotatable bonds is 9. The molecule has 0 saturated heterocycles. The molecule has 0 unspecified atom stereocenters. The fourth-order valence-corrected chi connectivity index (χ4v) is 4.88. The maximum absolute atomic E-state index is 12.6. The molecule has 0 aliphatic carbocycles. The van der Waals surface area contributed by atoms with E-state index in [2.05, 4.69) is 31.0 Å². The normalized spacial score (nSPS) is 11.5. The number of amides is 1. The number of nitrogens with one attached hydrogen (secondary N) is 1. The summed E-state index contributed by atoms with van der Waals surface area (Å²) in [5.74, 6) is 0.0959. The summed E-state index contributed by atoms with van der Waals surface area (Å²) < 4.78 is 39.4. The molecule has 35 heavy (non-hydrogen) atoms. The minimum absolute atomic E-state index is 0.186. The van der Waals surface area contributed by atoms with Crippen LogP contribution in [0.25, 0.3) is 5.69 Å². The lowest BCUT2D eigenvalue weighted by Gasteiger charge is -2.23. The molecule has 1 heterocycles. The molecule has 0 aliphatic rings. The number of ether oxygens (including phenoxy) is 2. The number of anilines is 1. The molecule has 2 aromatic carbocycles. The van der Waals surface area contributed by atoms with E-state index in [4.69, 9.17) is 9.47 Å². The van der Waals surface area contributed by atoms with E-state index in [1.54, 1.807) is 12.1 Å². The summed E-state index contributed by atoms with van der Waals surface area (Å²) in [6, 6.07) is 14.6. The van der Waals surface area contributed by atoms with Gasteiger partial charge in [0, 0.05) is 33.2 Å². The van der Waals surface area contributed by atoms with Gasteiger partial charge in [0.25, 0.3) is 5.91 Å².